The number of benzene rings is 1. The fraction of sp³-hybridized carbons (Fsp3) is 0.619. The van der Waals surface area contributed by atoms with Crippen LogP contribution in [0.1, 0.15) is 52.5 Å². The van der Waals surface area contributed by atoms with E-state index in [9.17, 15) is 14.0 Å². The summed E-state index contributed by atoms with van der Waals surface area (Å²) < 4.78 is 13.3. The van der Waals surface area contributed by atoms with Crippen molar-refractivity contribution < 1.29 is 14.0 Å². The van der Waals surface area contributed by atoms with E-state index in [-0.39, 0.29) is 34.9 Å². The third-order valence-corrected chi connectivity index (χ3v) is 4.67. The average Bonchev–Trinajstić information content (AvgIpc) is 2.97. The molecule has 0 spiro atoms. The van der Waals surface area contributed by atoms with Crippen molar-refractivity contribution in [3.05, 3.63) is 35.6 Å². The van der Waals surface area contributed by atoms with Crippen molar-refractivity contribution in [3.63, 3.8) is 0 Å². The van der Waals surface area contributed by atoms with Gasteiger partial charge in [-0.1, -0.05) is 46.8 Å². The quantitative estimate of drug-likeness (QED) is 0.870. The molecule has 0 saturated carbocycles. The molecule has 2 unspecified atom stereocenters. The van der Waals surface area contributed by atoms with Gasteiger partial charge >= 0.3 is 0 Å². The SMILES string of the molecule is CC(C)CNC(=O)C1CN(C(=O)CC(C)(C)C)CC1c1ccc(F)cc1. The minimum absolute atomic E-state index is 0.0286. The highest BCUT2D eigenvalue weighted by Gasteiger charge is 2.40. The summed E-state index contributed by atoms with van der Waals surface area (Å²) in [4.78, 5) is 27.2. The van der Waals surface area contributed by atoms with Crippen molar-refractivity contribution in [1.82, 2.24) is 10.2 Å². The summed E-state index contributed by atoms with van der Waals surface area (Å²) in [5.41, 5.74) is 0.808. The first-order valence-corrected chi connectivity index (χ1v) is 9.38. The number of nitrogens with one attached hydrogen (secondary N) is 1. The molecule has 1 aliphatic rings. The summed E-state index contributed by atoms with van der Waals surface area (Å²) in [5, 5.41) is 2.99. The molecule has 1 aromatic carbocycles. The molecule has 2 atom stereocenters. The Morgan fingerprint density at radius 2 is 1.81 bits per heavy atom. The molecular formula is C21H31FN2O2. The van der Waals surface area contributed by atoms with E-state index in [4.69, 9.17) is 0 Å². The van der Waals surface area contributed by atoms with E-state index in [1.54, 1.807) is 17.0 Å². The van der Waals surface area contributed by atoms with Gasteiger partial charge in [-0.15, -0.1) is 0 Å². The minimum Gasteiger partial charge on any atom is -0.356 e. The summed E-state index contributed by atoms with van der Waals surface area (Å²) in [6.07, 6.45) is 0.448. The molecule has 0 aliphatic carbocycles. The number of amides is 2. The average molecular weight is 362 g/mol. The van der Waals surface area contributed by atoms with Crippen molar-refractivity contribution in [2.75, 3.05) is 19.6 Å². The molecule has 0 aromatic heterocycles. The van der Waals surface area contributed by atoms with Gasteiger partial charge in [0.1, 0.15) is 5.82 Å². The molecule has 1 aromatic rings. The molecule has 5 heteroatoms. The number of hydrogen-bond donors (Lipinski definition) is 1. The minimum atomic E-state index is -0.303. The van der Waals surface area contributed by atoms with Gasteiger partial charge in [-0.25, -0.2) is 4.39 Å². The summed E-state index contributed by atoms with van der Waals surface area (Å²) in [6, 6.07) is 6.27. The van der Waals surface area contributed by atoms with Gasteiger partial charge < -0.3 is 10.2 Å². The van der Waals surface area contributed by atoms with Gasteiger partial charge in [0.15, 0.2) is 0 Å². The second-order valence-corrected chi connectivity index (χ2v) is 8.94. The van der Waals surface area contributed by atoms with Gasteiger partial charge in [0.25, 0.3) is 0 Å². The lowest BCUT2D eigenvalue weighted by molar-refractivity contribution is -0.132. The van der Waals surface area contributed by atoms with Crippen LogP contribution in [-0.2, 0) is 9.59 Å². The van der Waals surface area contributed by atoms with Gasteiger partial charge in [0.2, 0.25) is 11.8 Å². The van der Waals surface area contributed by atoms with Crippen molar-refractivity contribution >= 4 is 11.8 Å². The van der Waals surface area contributed by atoms with Crippen LogP contribution in [-0.4, -0.2) is 36.3 Å². The molecule has 1 saturated heterocycles. The molecule has 0 bridgehead atoms. The molecule has 1 fully saturated rings. The lowest BCUT2D eigenvalue weighted by Crippen LogP contribution is -2.37. The van der Waals surface area contributed by atoms with Crippen LogP contribution < -0.4 is 5.32 Å². The maximum absolute atomic E-state index is 13.3. The normalized spacial score (nSPS) is 20.5. The van der Waals surface area contributed by atoms with Gasteiger partial charge in [-0.2, -0.15) is 0 Å². The van der Waals surface area contributed by atoms with Crippen LogP contribution in [0.5, 0.6) is 0 Å². The summed E-state index contributed by atoms with van der Waals surface area (Å²) >= 11 is 0. The van der Waals surface area contributed by atoms with E-state index in [1.807, 2.05) is 34.6 Å². The Morgan fingerprint density at radius 3 is 2.35 bits per heavy atom. The van der Waals surface area contributed by atoms with Crippen molar-refractivity contribution in [2.45, 2.75) is 47.0 Å². The third kappa shape index (κ3) is 5.55. The van der Waals surface area contributed by atoms with Crippen LogP contribution in [0.15, 0.2) is 24.3 Å². The Kier molecular flexibility index (Phi) is 6.43. The molecule has 4 nitrogen and oxygen atoms in total. The first-order valence-electron chi connectivity index (χ1n) is 9.38. The van der Waals surface area contributed by atoms with Crippen molar-refractivity contribution in [3.8, 4) is 0 Å². The monoisotopic (exact) mass is 362 g/mol. The Hall–Kier alpha value is -1.91. The van der Waals surface area contributed by atoms with Crippen LogP contribution in [0.2, 0.25) is 0 Å². The topological polar surface area (TPSA) is 49.4 Å². The van der Waals surface area contributed by atoms with Gasteiger partial charge in [-0.3, -0.25) is 9.59 Å². The number of carbonyl (C=O) groups is 2. The van der Waals surface area contributed by atoms with Crippen LogP contribution in [0.4, 0.5) is 4.39 Å². The van der Waals surface area contributed by atoms with Crippen LogP contribution in [0.3, 0.4) is 0 Å². The number of hydrogen-bond acceptors (Lipinski definition) is 2. The lowest BCUT2D eigenvalue weighted by atomic mass is 9.88. The summed E-state index contributed by atoms with van der Waals surface area (Å²) in [7, 11) is 0. The Bertz CT molecular complexity index is 634. The molecular weight excluding hydrogens is 331 g/mol. The predicted molar refractivity (Wildman–Crippen MR) is 101 cm³/mol. The smallest absolute Gasteiger partial charge is 0.225 e. The zero-order chi connectivity index (χ0) is 19.5. The van der Waals surface area contributed by atoms with Gasteiger partial charge in [0, 0.05) is 32.0 Å². The summed E-state index contributed by atoms with van der Waals surface area (Å²) in [6.45, 7) is 11.7. The highest BCUT2D eigenvalue weighted by Crippen LogP contribution is 2.34. The number of carbonyl (C=O) groups excluding carboxylic acids is 2. The lowest BCUT2D eigenvalue weighted by Gasteiger charge is -2.23. The predicted octanol–water partition coefficient (Wildman–Crippen LogP) is 3.58. The summed E-state index contributed by atoms with van der Waals surface area (Å²) in [5.74, 6) is -0.297. The third-order valence-electron chi connectivity index (χ3n) is 4.67. The van der Waals surface area contributed by atoms with E-state index in [2.05, 4.69) is 5.32 Å². The van der Waals surface area contributed by atoms with E-state index < -0.39 is 0 Å². The maximum atomic E-state index is 13.3. The van der Waals surface area contributed by atoms with E-state index in [1.165, 1.54) is 12.1 Å². The number of nitrogens with zero attached hydrogens (tertiary/aromatic N) is 1. The molecule has 144 valence electrons. The molecule has 1 aliphatic heterocycles. The van der Waals surface area contributed by atoms with E-state index in [0.717, 1.165) is 5.56 Å². The molecule has 1 heterocycles. The first-order chi connectivity index (χ1) is 12.1. The fourth-order valence-corrected chi connectivity index (χ4v) is 3.32. The van der Waals surface area contributed by atoms with Crippen molar-refractivity contribution in [2.24, 2.45) is 17.3 Å². The van der Waals surface area contributed by atoms with Crippen LogP contribution in [0, 0.1) is 23.1 Å². The zero-order valence-corrected chi connectivity index (χ0v) is 16.5. The molecule has 1 N–H and O–H groups in total. The van der Waals surface area contributed by atoms with Crippen LogP contribution in [0.25, 0.3) is 0 Å². The zero-order valence-electron chi connectivity index (χ0n) is 16.5. The highest BCUT2D eigenvalue weighted by atomic mass is 19.1. The Labute approximate surface area is 156 Å². The van der Waals surface area contributed by atoms with Crippen LogP contribution >= 0.6 is 0 Å². The van der Waals surface area contributed by atoms with Crippen molar-refractivity contribution in [1.29, 1.82) is 0 Å². The molecule has 2 amide bonds. The fourth-order valence-electron chi connectivity index (χ4n) is 3.32. The Balaban J connectivity index is 2.19. The Morgan fingerprint density at radius 1 is 1.19 bits per heavy atom. The standard InChI is InChI=1S/C21H31FN2O2/c1-14(2)11-23-20(26)18-13-24(19(25)10-21(3,4)5)12-17(18)15-6-8-16(22)9-7-15/h6-9,14,17-18H,10-13H2,1-5H3,(H,23,26). The maximum Gasteiger partial charge on any atom is 0.225 e. The largest absolute Gasteiger partial charge is 0.356 e. The second-order valence-electron chi connectivity index (χ2n) is 8.94. The second kappa shape index (κ2) is 8.19. The molecule has 2 rings (SSSR count). The van der Waals surface area contributed by atoms with Gasteiger partial charge in [-0.05, 0) is 29.0 Å². The highest BCUT2D eigenvalue weighted by molar-refractivity contribution is 5.83. The first kappa shape index (κ1) is 20.4. The van der Waals surface area contributed by atoms with E-state index in [0.29, 0.717) is 32.0 Å². The van der Waals surface area contributed by atoms with E-state index >= 15 is 0 Å². The van der Waals surface area contributed by atoms with Gasteiger partial charge in [0.05, 0.1) is 5.92 Å². The molecule has 0 radical (unpaired) electrons. The number of rotatable bonds is 5. The number of halogens is 1. The molecule has 26 heavy (non-hydrogen) atoms. The number of likely N-dealkylation sites (tertiary alicyclic amines) is 1.